The van der Waals surface area contributed by atoms with E-state index in [1.165, 1.54) is 0 Å². The van der Waals surface area contributed by atoms with E-state index < -0.39 is 0 Å². The molecule has 4 nitrogen and oxygen atoms in total. The first-order valence-corrected chi connectivity index (χ1v) is 4.78. The minimum Gasteiger partial charge on any atom is -0.384 e. The number of hydrogen-bond donors (Lipinski definition) is 1. The van der Waals surface area contributed by atoms with E-state index in [-0.39, 0.29) is 11.9 Å². The first-order valence-electron chi connectivity index (χ1n) is 4.78. The Morgan fingerprint density at radius 1 is 1.69 bits per heavy atom. The number of ether oxygens (including phenoxy) is 1. The average Bonchev–Trinajstić information content (AvgIpc) is 2.61. The number of rotatable bonds is 4. The van der Waals surface area contributed by atoms with E-state index in [1.807, 2.05) is 4.90 Å². The third kappa shape index (κ3) is 2.67. The molecule has 1 unspecified atom stereocenters. The zero-order valence-electron chi connectivity index (χ0n) is 8.16. The third-order valence-electron chi connectivity index (χ3n) is 2.49. The summed E-state index contributed by atoms with van der Waals surface area (Å²) in [4.78, 5) is 13.5. The summed E-state index contributed by atoms with van der Waals surface area (Å²) >= 11 is 0. The third-order valence-corrected chi connectivity index (χ3v) is 2.49. The van der Waals surface area contributed by atoms with Crippen LogP contribution in [0.25, 0.3) is 0 Å². The van der Waals surface area contributed by atoms with Gasteiger partial charge in [-0.15, -0.1) is 0 Å². The van der Waals surface area contributed by atoms with Gasteiger partial charge in [-0.25, -0.2) is 0 Å². The predicted molar refractivity (Wildman–Crippen MR) is 50.3 cm³/mol. The lowest BCUT2D eigenvalue weighted by atomic mass is 10.2. The van der Waals surface area contributed by atoms with Crippen molar-refractivity contribution in [3.63, 3.8) is 0 Å². The van der Waals surface area contributed by atoms with Gasteiger partial charge in [0.2, 0.25) is 5.91 Å². The lowest BCUT2D eigenvalue weighted by Gasteiger charge is -2.23. The summed E-state index contributed by atoms with van der Waals surface area (Å²) in [7, 11) is 1.61. The average molecular weight is 186 g/mol. The van der Waals surface area contributed by atoms with Crippen LogP contribution in [0.4, 0.5) is 0 Å². The molecule has 1 heterocycles. The number of nitrogens with zero attached hydrogens (tertiary/aromatic N) is 1. The molecule has 0 aromatic carbocycles. The standard InChI is InChI=1S/C9H18N2O2/c1-13-6-4-9(12)11-5-2-3-8(11)7-10/h8H,2-7,10H2,1H3. The van der Waals surface area contributed by atoms with Crippen LogP contribution in [-0.2, 0) is 9.53 Å². The number of methoxy groups -OCH3 is 1. The van der Waals surface area contributed by atoms with Crippen LogP contribution in [0.1, 0.15) is 19.3 Å². The van der Waals surface area contributed by atoms with Crippen molar-refractivity contribution in [2.75, 3.05) is 26.8 Å². The summed E-state index contributed by atoms with van der Waals surface area (Å²) in [5, 5.41) is 0. The number of hydrogen-bond acceptors (Lipinski definition) is 3. The van der Waals surface area contributed by atoms with E-state index in [1.54, 1.807) is 7.11 Å². The summed E-state index contributed by atoms with van der Waals surface area (Å²) in [5.41, 5.74) is 5.57. The largest absolute Gasteiger partial charge is 0.384 e. The topological polar surface area (TPSA) is 55.6 Å². The summed E-state index contributed by atoms with van der Waals surface area (Å²) in [5.74, 6) is 0.176. The van der Waals surface area contributed by atoms with E-state index in [9.17, 15) is 4.79 Å². The molecule has 0 radical (unpaired) electrons. The molecule has 1 aliphatic heterocycles. The van der Waals surface area contributed by atoms with Gasteiger partial charge in [-0.05, 0) is 12.8 Å². The van der Waals surface area contributed by atoms with E-state index >= 15 is 0 Å². The first kappa shape index (κ1) is 10.5. The quantitative estimate of drug-likeness (QED) is 0.671. The summed E-state index contributed by atoms with van der Waals surface area (Å²) < 4.78 is 4.86. The van der Waals surface area contributed by atoms with Gasteiger partial charge >= 0.3 is 0 Å². The maximum atomic E-state index is 11.6. The highest BCUT2D eigenvalue weighted by Crippen LogP contribution is 2.16. The van der Waals surface area contributed by atoms with Gasteiger partial charge in [0.05, 0.1) is 13.0 Å². The molecule has 1 saturated heterocycles. The van der Waals surface area contributed by atoms with Gasteiger partial charge in [-0.2, -0.15) is 0 Å². The Morgan fingerprint density at radius 3 is 3.08 bits per heavy atom. The van der Waals surface area contributed by atoms with Crippen LogP contribution in [-0.4, -0.2) is 43.7 Å². The van der Waals surface area contributed by atoms with Gasteiger partial charge in [0.1, 0.15) is 0 Å². The fourth-order valence-corrected chi connectivity index (χ4v) is 1.74. The second-order valence-corrected chi connectivity index (χ2v) is 3.36. The lowest BCUT2D eigenvalue weighted by Crippen LogP contribution is -2.40. The van der Waals surface area contributed by atoms with Crippen LogP contribution < -0.4 is 5.73 Å². The van der Waals surface area contributed by atoms with Crippen molar-refractivity contribution in [1.29, 1.82) is 0 Å². The Morgan fingerprint density at radius 2 is 2.46 bits per heavy atom. The smallest absolute Gasteiger partial charge is 0.225 e. The molecular formula is C9H18N2O2. The van der Waals surface area contributed by atoms with Crippen molar-refractivity contribution >= 4 is 5.91 Å². The molecule has 1 aliphatic rings. The van der Waals surface area contributed by atoms with E-state index in [0.29, 0.717) is 19.6 Å². The molecule has 76 valence electrons. The van der Waals surface area contributed by atoms with Gasteiger partial charge in [0, 0.05) is 26.2 Å². The normalized spacial score (nSPS) is 22.3. The fraction of sp³-hybridized carbons (Fsp3) is 0.889. The highest BCUT2D eigenvalue weighted by Gasteiger charge is 2.26. The number of carbonyl (C=O) groups excluding carboxylic acids is 1. The Bertz CT molecular complexity index is 173. The van der Waals surface area contributed by atoms with Crippen LogP contribution >= 0.6 is 0 Å². The van der Waals surface area contributed by atoms with Crippen LogP contribution in [0.5, 0.6) is 0 Å². The van der Waals surface area contributed by atoms with Crippen molar-refractivity contribution in [2.24, 2.45) is 5.73 Å². The van der Waals surface area contributed by atoms with Gasteiger partial charge in [0.15, 0.2) is 0 Å². The van der Waals surface area contributed by atoms with Gasteiger partial charge in [-0.3, -0.25) is 4.79 Å². The van der Waals surface area contributed by atoms with E-state index in [4.69, 9.17) is 10.5 Å². The zero-order valence-corrected chi connectivity index (χ0v) is 8.16. The SMILES string of the molecule is COCCC(=O)N1CCCC1CN. The molecule has 1 rings (SSSR count). The maximum absolute atomic E-state index is 11.6. The Balaban J connectivity index is 2.36. The molecule has 0 aromatic heterocycles. The summed E-state index contributed by atoms with van der Waals surface area (Å²) in [6.07, 6.45) is 2.61. The summed E-state index contributed by atoms with van der Waals surface area (Å²) in [6.45, 7) is 1.95. The second kappa shape index (κ2) is 5.19. The fourth-order valence-electron chi connectivity index (χ4n) is 1.74. The molecule has 0 saturated carbocycles. The van der Waals surface area contributed by atoms with Crippen molar-refractivity contribution in [1.82, 2.24) is 4.90 Å². The van der Waals surface area contributed by atoms with Crippen molar-refractivity contribution < 1.29 is 9.53 Å². The van der Waals surface area contributed by atoms with E-state index in [0.717, 1.165) is 19.4 Å². The van der Waals surface area contributed by atoms with Crippen LogP contribution in [0, 0.1) is 0 Å². The van der Waals surface area contributed by atoms with Crippen LogP contribution in [0.3, 0.4) is 0 Å². The molecule has 0 aromatic rings. The predicted octanol–water partition coefficient (Wildman–Crippen LogP) is -0.0274. The molecule has 0 bridgehead atoms. The Labute approximate surface area is 79.0 Å². The van der Waals surface area contributed by atoms with E-state index in [2.05, 4.69) is 0 Å². The molecular weight excluding hydrogens is 168 g/mol. The number of likely N-dealkylation sites (tertiary alicyclic amines) is 1. The van der Waals surface area contributed by atoms with Crippen molar-refractivity contribution in [2.45, 2.75) is 25.3 Å². The maximum Gasteiger partial charge on any atom is 0.225 e. The van der Waals surface area contributed by atoms with Crippen molar-refractivity contribution in [3.05, 3.63) is 0 Å². The zero-order chi connectivity index (χ0) is 9.68. The monoisotopic (exact) mass is 186 g/mol. The highest BCUT2D eigenvalue weighted by atomic mass is 16.5. The van der Waals surface area contributed by atoms with Crippen molar-refractivity contribution in [3.8, 4) is 0 Å². The minimum atomic E-state index is 0.176. The molecule has 0 spiro atoms. The number of amides is 1. The Hall–Kier alpha value is -0.610. The molecule has 2 N–H and O–H groups in total. The first-order chi connectivity index (χ1) is 6.29. The number of carbonyl (C=O) groups is 1. The molecule has 1 atom stereocenters. The van der Waals surface area contributed by atoms with Gasteiger partial charge < -0.3 is 15.4 Å². The molecule has 4 heteroatoms. The number of nitrogens with two attached hydrogens (primary N) is 1. The molecule has 1 fully saturated rings. The van der Waals surface area contributed by atoms with Gasteiger partial charge in [0.25, 0.3) is 0 Å². The van der Waals surface area contributed by atoms with Crippen LogP contribution in [0.15, 0.2) is 0 Å². The van der Waals surface area contributed by atoms with Gasteiger partial charge in [-0.1, -0.05) is 0 Å². The molecule has 1 amide bonds. The summed E-state index contributed by atoms with van der Waals surface area (Å²) in [6, 6.07) is 0.268. The molecule has 13 heavy (non-hydrogen) atoms. The Kier molecular flexibility index (Phi) is 4.18. The minimum absolute atomic E-state index is 0.176. The molecule has 0 aliphatic carbocycles. The lowest BCUT2D eigenvalue weighted by molar-refractivity contribution is -0.132. The van der Waals surface area contributed by atoms with Crippen LogP contribution in [0.2, 0.25) is 0 Å². The highest BCUT2D eigenvalue weighted by molar-refractivity contribution is 5.76. The second-order valence-electron chi connectivity index (χ2n) is 3.36.